The zero-order chi connectivity index (χ0) is 20.6. The van der Waals surface area contributed by atoms with Crippen LogP contribution in [0.3, 0.4) is 0 Å². The summed E-state index contributed by atoms with van der Waals surface area (Å²) in [5, 5.41) is 0. The van der Waals surface area contributed by atoms with Crippen molar-refractivity contribution < 1.29 is 22.7 Å². The molecule has 1 aliphatic carbocycles. The first-order valence-electron chi connectivity index (χ1n) is 9.28. The number of benzene rings is 2. The smallest absolute Gasteiger partial charge is 0.339 e. The van der Waals surface area contributed by atoms with Gasteiger partial charge in [-0.2, -0.15) is 0 Å². The normalized spacial score (nSPS) is 13.2. The second-order valence-electron chi connectivity index (χ2n) is 6.85. The topological polar surface area (TPSA) is 74.6 Å². The number of fused-ring (bicyclic) bond motifs is 3. The van der Waals surface area contributed by atoms with Crippen molar-refractivity contribution in [3.63, 3.8) is 0 Å². The Labute approximate surface area is 169 Å². The van der Waals surface area contributed by atoms with E-state index in [0.717, 1.165) is 24.0 Å². The van der Waals surface area contributed by atoms with Gasteiger partial charge in [-0.1, -0.05) is 24.3 Å². The monoisotopic (exact) mass is 411 g/mol. The summed E-state index contributed by atoms with van der Waals surface area (Å²) in [7, 11) is -1.11. The minimum Gasteiger partial charge on any atom is -0.497 e. The highest BCUT2D eigenvalue weighted by Gasteiger charge is 2.31. The second kappa shape index (κ2) is 7.40. The standard InChI is InChI=1S/C22H21NO5S/c1-27-16-10-12-17(13-11-16)29(25,26)23-14-20(22(24)28-2)19-9-5-7-15-6-3-4-8-18(15)21(19)23/h3-4,6,8,10-14H,5,7,9H2,1-2H3. The molecule has 7 heteroatoms. The molecule has 0 amide bonds. The molecule has 2 aromatic carbocycles. The first-order chi connectivity index (χ1) is 14.0. The predicted octanol–water partition coefficient (Wildman–Crippen LogP) is 3.68. The average molecular weight is 411 g/mol. The molecule has 0 saturated carbocycles. The average Bonchev–Trinajstić information content (AvgIpc) is 3.03. The lowest BCUT2D eigenvalue weighted by atomic mass is 10.0. The highest BCUT2D eigenvalue weighted by atomic mass is 32.2. The lowest BCUT2D eigenvalue weighted by Gasteiger charge is -2.13. The third-order valence-corrected chi connectivity index (χ3v) is 6.92. The number of methoxy groups -OCH3 is 2. The number of ether oxygens (including phenoxy) is 2. The van der Waals surface area contributed by atoms with E-state index in [0.29, 0.717) is 23.4 Å². The minimum atomic E-state index is -3.93. The van der Waals surface area contributed by atoms with Gasteiger partial charge in [0.05, 0.1) is 30.4 Å². The van der Waals surface area contributed by atoms with Crippen LogP contribution in [-0.2, 0) is 27.6 Å². The van der Waals surface area contributed by atoms with Crippen molar-refractivity contribution in [2.45, 2.75) is 24.2 Å². The maximum absolute atomic E-state index is 13.5. The Morgan fingerprint density at radius 1 is 1.00 bits per heavy atom. The van der Waals surface area contributed by atoms with E-state index in [1.807, 2.05) is 24.3 Å². The van der Waals surface area contributed by atoms with Crippen LogP contribution in [0.2, 0.25) is 0 Å². The van der Waals surface area contributed by atoms with E-state index in [4.69, 9.17) is 9.47 Å². The Morgan fingerprint density at radius 2 is 1.72 bits per heavy atom. The number of aryl methyl sites for hydroxylation is 1. The molecule has 29 heavy (non-hydrogen) atoms. The number of carbonyl (C=O) groups is 1. The van der Waals surface area contributed by atoms with Crippen LogP contribution < -0.4 is 4.74 Å². The van der Waals surface area contributed by atoms with Crippen molar-refractivity contribution in [3.05, 3.63) is 71.4 Å². The van der Waals surface area contributed by atoms with Gasteiger partial charge in [-0.25, -0.2) is 17.2 Å². The fourth-order valence-electron chi connectivity index (χ4n) is 3.82. The molecule has 3 aromatic rings. The van der Waals surface area contributed by atoms with Crippen LogP contribution in [-0.4, -0.2) is 32.6 Å². The molecule has 4 rings (SSSR count). The third-order valence-electron chi connectivity index (χ3n) is 5.24. The van der Waals surface area contributed by atoms with Gasteiger partial charge in [0.2, 0.25) is 0 Å². The van der Waals surface area contributed by atoms with Crippen molar-refractivity contribution in [2.24, 2.45) is 0 Å². The molecule has 1 heterocycles. The van der Waals surface area contributed by atoms with Crippen LogP contribution >= 0.6 is 0 Å². The molecule has 0 atom stereocenters. The number of rotatable bonds is 4. The molecule has 0 fully saturated rings. The quantitative estimate of drug-likeness (QED) is 0.613. The van der Waals surface area contributed by atoms with Crippen LogP contribution in [0, 0.1) is 0 Å². The summed E-state index contributed by atoms with van der Waals surface area (Å²) in [6.07, 6.45) is 3.62. The molecule has 0 radical (unpaired) electrons. The van der Waals surface area contributed by atoms with Crippen LogP contribution in [0.4, 0.5) is 0 Å². The van der Waals surface area contributed by atoms with Crippen molar-refractivity contribution in [3.8, 4) is 17.0 Å². The summed E-state index contributed by atoms with van der Waals surface area (Å²) >= 11 is 0. The largest absolute Gasteiger partial charge is 0.497 e. The molecule has 0 N–H and O–H groups in total. The summed E-state index contributed by atoms with van der Waals surface area (Å²) < 4.78 is 38.3. The molecule has 0 unspecified atom stereocenters. The van der Waals surface area contributed by atoms with Crippen molar-refractivity contribution in [1.82, 2.24) is 3.97 Å². The molecule has 0 bridgehead atoms. The Balaban J connectivity index is 1.99. The number of nitrogens with zero attached hydrogens (tertiary/aromatic N) is 1. The summed E-state index contributed by atoms with van der Waals surface area (Å²) in [6, 6.07) is 13.9. The maximum Gasteiger partial charge on any atom is 0.339 e. The summed E-state index contributed by atoms with van der Waals surface area (Å²) in [5.41, 5.74) is 3.42. The Bertz CT molecular complexity index is 1180. The molecule has 150 valence electrons. The molecule has 6 nitrogen and oxygen atoms in total. The van der Waals surface area contributed by atoms with Crippen LogP contribution in [0.15, 0.2) is 59.6 Å². The fraction of sp³-hybridized carbons (Fsp3) is 0.227. The minimum absolute atomic E-state index is 0.120. The number of aromatic nitrogens is 1. The number of hydrogen-bond acceptors (Lipinski definition) is 5. The lowest BCUT2D eigenvalue weighted by Crippen LogP contribution is -2.14. The van der Waals surface area contributed by atoms with Gasteiger partial charge in [0.25, 0.3) is 10.0 Å². The highest BCUT2D eigenvalue weighted by molar-refractivity contribution is 7.90. The van der Waals surface area contributed by atoms with E-state index in [1.54, 1.807) is 12.1 Å². The number of esters is 1. The van der Waals surface area contributed by atoms with Crippen molar-refractivity contribution >= 4 is 16.0 Å². The maximum atomic E-state index is 13.5. The van der Waals surface area contributed by atoms with Crippen molar-refractivity contribution in [1.29, 1.82) is 0 Å². The Hall–Kier alpha value is -3.06. The Morgan fingerprint density at radius 3 is 2.41 bits per heavy atom. The molecular formula is C22H21NO5S. The molecule has 0 aliphatic heterocycles. The Kier molecular flexibility index (Phi) is 4.92. The van der Waals surface area contributed by atoms with Gasteiger partial charge < -0.3 is 9.47 Å². The van der Waals surface area contributed by atoms with E-state index >= 15 is 0 Å². The SMILES string of the molecule is COC(=O)c1cn(S(=O)(=O)c2ccc(OC)cc2)c2c1CCCc1ccccc1-2. The molecule has 1 aliphatic rings. The third kappa shape index (κ3) is 3.21. The molecule has 0 saturated heterocycles. The summed E-state index contributed by atoms with van der Waals surface area (Å²) in [6.45, 7) is 0. The van der Waals surface area contributed by atoms with Gasteiger partial charge in [0.1, 0.15) is 5.75 Å². The van der Waals surface area contributed by atoms with Gasteiger partial charge in [-0.3, -0.25) is 0 Å². The zero-order valence-electron chi connectivity index (χ0n) is 16.2. The van der Waals surface area contributed by atoms with E-state index in [9.17, 15) is 13.2 Å². The molecular weight excluding hydrogens is 390 g/mol. The van der Waals surface area contributed by atoms with Gasteiger partial charge in [-0.15, -0.1) is 0 Å². The summed E-state index contributed by atoms with van der Waals surface area (Å²) in [4.78, 5) is 12.5. The van der Waals surface area contributed by atoms with E-state index in [2.05, 4.69) is 0 Å². The first kappa shape index (κ1) is 19.3. The second-order valence-corrected chi connectivity index (χ2v) is 8.66. The van der Waals surface area contributed by atoms with Crippen molar-refractivity contribution in [2.75, 3.05) is 14.2 Å². The summed E-state index contributed by atoms with van der Waals surface area (Å²) in [5.74, 6) is 0.0280. The van der Waals surface area contributed by atoms with E-state index in [1.165, 1.54) is 36.5 Å². The van der Waals surface area contributed by atoms with Crippen LogP contribution in [0.25, 0.3) is 11.3 Å². The first-order valence-corrected chi connectivity index (χ1v) is 10.7. The zero-order valence-corrected chi connectivity index (χ0v) is 17.0. The van der Waals surface area contributed by atoms with E-state index in [-0.39, 0.29) is 10.5 Å². The molecule has 1 aromatic heterocycles. The van der Waals surface area contributed by atoms with Gasteiger partial charge in [0, 0.05) is 11.8 Å². The number of hydrogen-bond donors (Lipinski definition) is 0. The van der Waals surface area contributed by atoms with Gasteiger partial charge in [-0.05, 0) is 54.7 Å². The highest BCUT2D eigenvalue weighted by Crippen LogP contribution is 2.38. The predicted molar refractivity (Wildman–Crippen MR) is 109 cm³/mol. The number of carbonyl (C=O) groups excluding carboxylic acids is 1. The van der Waals surface area contributed by atoms with Gasteiger partial charge in [0.15, 0.2) is 0 Å². The van der Waals surface area contributed by atoms with E-state index < -0.39 is 16.0 Å². The van der Waals surface area contributed by atoms with Gasteiger partial charge >= 0.3 is 5.97 Å². The van der Waals surface area contributed by atoms with Crippen LogP contribution in [0.5, 0.6) is 5.75 Å². The lowest BCUT2D eigenvalue weighted by molar-refractivity contribution is 0.0599. The molecule has 0 spiro atoms. The van der Waals surface area contributed by atoms with Crippen LogP contribution in [0.1, 0.15) is 27.9 Å². The fourth-order valence-corrected chi connectivity index (χ4v) is 5.22.